The van der Waals surface area contributed by atoms with E-state index in [2.05, 4.69) is 10.3 Å². The number of hydrogen-bond acceptors (Lipinski definition) is 4. The van der Waals surface area contributed by atoms with Crippen LogP contribution in [0.3, 0.4) is 0 Å². The van der Waals surface area contributed by atoms with Crippen molar-refractivity contribution in [3.8, 4) is 5.75 Å². The number of aryl methyl sites for hydroxylation is 1. The fourth-order valence-electron chi connectivity index (χ4n) is 1.49. The molecule has 1 N–H and O–H groups in total. The molecule has 2 rings (SSSR count). The minimum atomic E-state index is 0.650. The number of benzene rings is 1. The number of nitrogens with zero attached hydrogens (tertiary/aromatic N) is 1. The molecule has 0 amide bonds. The van der Waals surface area contributed by atoms with Crippen LogP contribution in [0.25, 0.3) is 0 Å². The summed E-state index contributed by atoms with van der Waals surface area (Å²) in [4.78, 5) is 4.19. The maximum Gasteiger partial charge on any atom is 0.142 e. The third-order valence-corrected chi connectivity index (χ3v) is 3.43. The molecule has 0 radical (unpaired) electrons. The van der Waals surface area contributed by atoms with Gasteiger partial charge >= 0.3 is 0 Å². The molecule has 90 valence electrons. The zero-order chi connectivity index (χ0) is 12.3. The van der Waals surface area contributed by atoms with Crippen molar-refractivity contribution in [3.63, 3.8) is 0 Å². The van der Waals surface area contributed by atoms with Crippen molar-refractivity contribution in [2.24, 2.45) is 0 Å². The van der Waals surface area contributed by atoms with E-state index in [1.165, 1.54) is 16.9 Å². The summed E-state index contributed by atoms with van der Waals surface area (Å²) in [5, 5.41) is 4.24. The second-order valence-corrected chi connectivity index (χ2v) is 5.36. The number of aromatic nitrogens is 1. The molecule has 0 aliphatic heterocycles. The van der Waals surface area contributed by atoms with Crippen molar-refractivity contribution in [1.29, 1.82) is 0 Å². The molecule has 1 aromatic heterocycles. The maximum atomic E-state index is 5.83. The lowest BCUT2D eigenvalue weighted by atomic mass is 10.2. The van der Waals surface area contributed by atoms with Gasteiger partial charge in [0.25, 0.3) is 0 Å². The summed E-state index contributed by atoms with van der Waals surface area (Å²) in [6, 6.07) is 6.04. The van der Waals surface area contributed by atoms with Crippen LogP contribution < -0.4 is 10.1 Å². The fraction of sp³-hybridized carbons (Fsp3) is 0.250. The van der Waals surface area contributed by atoms with Crippen molar-refractivity contribution >= 4 is 28.6 Å². The Bertz CT molecular complexity index is 513. The number of ether oxygens (including phenoxy) is 1. The SMILES string of the molecule is COc1cc(C)ccc1NCc1ncc(Cl)s1. The number of methoxy groups -OCH3 is 1. The van der Waals surface area contributed by atoms with E-state index in [0.29, 0.717) is 10.9 Å². The molecule has 3 nitrogen and oxygen atoms in total. The highest BCUT2D eigenvalue weighted by atomic mass is 35.5. The second kappa shape index (κ2) is 5.38. The summed E-state index contributed by atoms with van der Waals surface area (Å²) in [6.45, 7) is 2.68. The highest BCUT2D eigenvalue weighted by molar-refractivity contribution is 7.15. The average molecular weight is 269 g/mol. The Hall–Kier alpha value is -1.26. The Balaban J connectivity index is 2.08. The molecule has 0 unspecified atom stereocenters. The molecule has 1 aromatic carbocycles. The lowest BCUT2D eigenvalue weighted by molar-refractivity contribution is 0.416. The molecule has 5 heteroatoms. The predicted molar refractivity (Wildman–Crippen MR) is 72.2 cm³/mol. The summed E-state index contributed by atoms with van der Waals surface area (Å²) in [6.07, 6.45) is 1.66. The molecule has 0 bridgehead atoms. The van der Waals surface area contributed by atoms with Crippen LogP contribution in [0, 0.1) is 6.92 Å². The fourth-order valence-corrected chi connectivity index (χ4v) is 2.38. The Labute approximate surface area is 109 Å². The second-order valence-electron chi connectivity index (χ2n) is 3.62. The van der Waals surface area contributed by atoms with Gasteiger partial charge in [-0.2, -0.15) is 0 Å². The summed E-state index contributed by atoms with van der Waals surface area (Å²) in [7, 11) is 1.67. The number of hydrogen-bond donors (Lipinski definition) is 1. The van der Waals surface area contributed by atoms with Crippen molar-refractivity contribution in [2.45, 2.75) is 13.5 Å². The van der Waals surface area contributed by atoms with Crippen molar-refractivity contribution in [2.75, 3.05) is 12.4 Å². The Morgan fingerprint density at radius 1 is 1.47 bits per heavy atom. The first-order valence-electron chi connectivity index (χ1n) is 5.18. The van der Waals surface area contributed by atoms with Crippen molar-refractivity contribution in [1.82, 2.24) is 4.98 Å². The van der Waals surface area contributed by atoms with Gasteiger partial charge in [0.2, 0.25) is 0 Å². The van der Waals surface area contributed by atoms with Crippen molar-refractivity contribution in [3.05, 3.63) is 39.3 Å². The molecular weight excluding hydrogens is 256 g/mol. The molecule has 0 atom stereocenters. The van der Waals surface area contributed by atoms with Gasteiger partial charge in [0.1, 0.15) is 15.1 Å². The van der Waals surface area contributed by atoms with Crippen LogP contribution in [0.2, 0.25) is 4.34 Å². The van der Waals surface area contributed by atoms with Gasteiger partial charge in [-0.1, -0.05) is 17.7 Å². The normalized spacial score (nSPS) is 10.3. The number of thiazole rings is 1. The van der Waals surface area contributed by atoms with E-state index < -0.39 is 0 Å². The van der Waals surface area contributed by atoms with E-state index in [0.717, 1.165) is 16.4 Å². The van der Waals surface area contributed by atoms with Crippen LogP contribution >= 0.6 is 22.9 Å². The van der Waals surface area contributed by atoms with E-state index in [9.17, 15) is 0 Å². The maximum absolute atomic E-state index is 5.83. The van der Waals surface area contributed by atoms with Gasteiger partial charge in [-0.15, -0.1) is 11.3 Å². The van der Waals surface area contributed by atoms with Crippen LogP contribution in [0.1, 0.15) is 10.6 Å². The van der Waals surface area contributed by atoms with Gasteiger partial charge < -0.3 is 10.1 Å². The zero-order valence-corrected chi connectivity index (χ0v) is 11.2. The largest absolute Gasteiger partial charge is 0.495 e. The highest BCUT2D eigenvalue weighted by Gasteiger charge is 2.04. The minimum Gasteiger partial charge on any atom is -0.495 e. The van der Waals surface area contributed by atoms with Crippen LogP contribution in [0.5, 0.6) is 5.75 Å². The standard InChI is InChI=1S/C12H13ClN2OS/c1-8-3-4-9(10(5-8)16-2)14-7-12-15-6-11(13)17-12/h3-6,14H,7H2,1-2H3. The summed E-state index contributed by atoms with van der Waals surface area (Å²) < 4.78 is 6.02. The number of halogens is 1. The molecule has 17 heavy (non-hydrogen) atoms. The van der Waals surface area contributed by atoms with Gasteiger partial charge in [0, 0.05) is 0 Å². The molecule has 0 saturated heterocycles. The lowest BCUT2D eigenvalue weighted by Gasteiger charge is -2.10. The summed E-state index contributed by atoms with van der Waals surface area (Å²) in [5.41, 5.74) is 2.13. The average Bonchev–Trinajstić information content (AvgIpc) is 2.73. The first-order chi connectivity index (χ1) is 8.19. The quantitative estimate of drug-likeness (QED) is 0.918. The molecule has 0 aliphatic carbocycles. The summed E-state index contributed by atoms with van der Waals surface area (Å²) >= 11 is 7.30. The van der Waals surface area contributed by atoms with Crippen LogP contribution in [-0.2, 0) is 6.54 Å². The van der Waals surface area contributed by atoms with E-state index in [4.69, 9.17) is 16.3 Å². The molecular formula is C12H13ClN2OS. The van der Waals surface area contributed by atoms with Crippen LogP contribution in [0.15, 0.2) is 24.4 Å². The Kier molecular flexibility index (Phi) is 3.86. The molecule has 0 fully saturated rings. The number of nitrogens with one attached hydrogen (secondary N) is 1. The summed E-state index contributed by atoms with van der Waals surface area (Å²) in [5.74, 6) is 0.840. The van der Waals surface area contributed by atoms with Crippen molar-refractivity contribution < 1.29 is 4.74 Å². The molecule has 0 spiro atoms. The smallest absolute Gasteiger partial charge is 0.142 e. The van der Waals surface area contributed by atoms with Gasteiger partial charge in [-0.3, -0.25) is 0 Å². The Morgan fingerprint density at radius 2 is 2.29 bits per heavy atom. The first-order valence-corrected chi connectivity index (χ1v) is 6.37. The number of anilines is 1. The van der Waals surface area contributed by atoms with E-state index in [-0.39, 0.29) is 0 Å². The van der Waals surface area contributed by atoms with Gasteiger partial charge in [0.05, 0.1) is 25.5 Å². The third-order valence-electron chi connectivity index (χ3n) is 2.31. The highest BCUT2D eigenvalue weighted by Crippen LogP contribution is 2.26. The van der Waals surface area contributed by atoms with E-state index in [1.807, 2.05) is 25.1 Å². The molecule has 2 aromatic rings. The third kappa shape index (κ3) is 3.11. The molecule has 0 aliphatic rings. The van der Waals surface area contributed by atoms with E-state index >= 15 is 0 Å². The topological polar surface area (TPSA) is 34.1 Å². The van der Waals surface area contributed by atoms with Gasteiger partial charge in [-0.25, -0.2) is 4.98 Å². The first kappa shape index (κ1) is 12.2. The minimum absolute atomic E-state index is 0.650. The van der Waals surface area contributed by atoms with E-state index in [1.54, 1.807) is 13.3 Å². The van der Waals surface area contributed by atoms with Crippen LogP contribution in [0.4, 0.5) is 5.69 Å². The Morgan fingerprint density at radius 3 is 2.94 bits per heavy atom. The predicted octanol–water partition coefficient (Wildman–Crippen LogP) is 3.73. The number of rotatable bonds is 4. The zero-order valence-electron chi connectivity index (χ0n) is 9.66. The van der Waals surface area contributed by atoms with Crippen LogP contribution in [-0.4, -0.2) is 12.1 Å². The molecule has 0 saturated carbocycles. The van der Waals surface area contributed by atoms with Gasteiger partial charge in [0.15, 0.2) is 0 Å². The molecule has 1 heterocycles. The van der Waals surface area contributed by atoms with Gasteiger partial charge in [-0.05, 0) is 24.6 Å². The monoisotopic (exact) mass is 268 g/mol. The lowest BCUT2D eigenvalue weighted by Crippen LogP contribution is -2.01.